The molecule has 178 valence electrons. The number of alkyl halides is 3. The number of halogens is 4. The van der Waals surface area contributed by atoms with Crippen LogP contribution >= 0.6 is 0 Å². The van der Waals surface area contributed by atoms with Gasteiger partial charge in [0.25, 0.3) is 0 Å². The van der Waals surface area contributed by atoms with Gasteiger partial charge in [-0.3, -0.25) is 4.79 Å². The van der Waals surface area contributed by atoms with E-state index in [0.717, 1.165) is 19.2 Å². The molecule has 0 heterocycles. The Kier molecular flexibility index (Phi) is 8.62. The van der Waals surface area contributed by atoms with Crippen molar-refractivity contribution in [3.63, 3.8) is 0 Å². The van der Waals surface area contributed by atoms with Crippen LogP contribution in [0.25, 0.3) is 6.08 Å². The van der Waals surface area contributed by atoms with Gasteiger partial charge in [-0.2, -0.15) is 13.2 Å². The van der Waals surface area contributed by atoms with Crippen LogP contribution in [0.5, 0.6) is 5.75 Å². The standard InChI is InChI=1S/C24H24F4O5/c1-14-9-15(10-20(21(14)31-2)23(30)33-4)7-5-6-8-19(22(29)32-3)16-11-17(24(26,27)28)13-18(25)12-16/h5,7,9-13,19H,6,8H2,1-4H3/b7-5-. The molecule has 9 heteroatoms. The van der Waals surface area contributed by atoms with Gasteiger partial charge in [0, 0.05) is 0 Å². The van der Waals surface area contributed by atoms with E-state index in [1.807, 2.05) is 0 Å². The molecule has 0 N–H and O–H groups in total. The van der Waals surface area contributed by atoms with E-state index in [1.165, 1.54) is 14.2 Å². The van der Waals surface area contributed by atoms with Gasteiger partial charge in [-0.25, -0.2) is 9.18 Å². The smallest absolute Gasteiger partial charge is 0.416 e. The van der Waals surface area contributed by atoms with Crippen LogP contribution in [-0.2, 0) is 20.4 Å². The fourth-order valence-corrected chi connectivity index (χ4v) is 3.45. The summed E-state index contributed by atoms with van der Waals surface area (Å²) in [6, 6.07) is 5.39. The molecule has 1 atom stereocenters. The number of aryl methyl sites for hydroxylation is 1. The summed E-state index contributed by atoms with van der Waals surface area (Å²) in [4.78, 5) is 24.2. The van der Waals surface area contributed by atoms with E-state index >= 15 is 0 Å². The molecule has 0 radical (unpaired) electrons. The lowest BCUT2D eigenvalue weighted by Gasteiger charge is -2.16. The van der Waals surface area contributed by atoms with Crippen molar-refractivity contribution in [2.75, 3.05) is 21.3 Å². The number of hydrogen-bond acceptors (Lipinski definition) is 5. The van der Waals surface area contributed by atoms with Crippen LogP contribution in [0.2, 0.25) is 0 Å². The van der Waals surface area contributed by atoms with E-state index in [-0.39, 0.29) is 24.0 Å². The Hall–Kier alpha value is -3.36. The number of rotatable bonds is 8. The molecular formula is C24H24F4O5. The van der Waals surface area contributed by atoms with Crippen molar-refractivity contribution in [3.8, 4) is 5.75 Å². The minimum absolute atomic E-state index is 0.0862. The highest BCUT2D eigenvalue weighted by molar-refractivity contribution is 5.93. The highest BCUT2D eigenvalue weighted by Gasteiger charge is 2.33. The van der Waals surface area contributed by atoms with Gasteiger partial charge in [-0.15, -0.1) is 0 Å². The number of carbonyl (C=O) groups is 2. The molecule has 2 aromatic carbocycles. The predicted molar refractivity (Wildman–Crippen MR) is 113 cm³/mol. The Labute approximate surface area is 189 Å². The van der Waals surface area contributed by atoms with Crippen LogP contribution in [-0.4, -0.2) is 33.3 Å². The molecule has 0 fully saturated rings. The minimum atomic E-state index is -4.75. The quantitative estimate of drug-likeness (QED) is 0.368. The summed E-state index contributed by atoms with van der Waals surface area (Å²) in [5.74, 6) is -3.12. The maximum atomic E-state index is 13.8. The Bertz CT molecular complexity index is 1040. The Balaban J connectivity index is 2.26. The summed E-state index contributed by atoms with van der Waals surface area (Å²) >= 11 is 0. The third-order valence-electron chi connectivity index (χ3n) is 4.97. The number of allylic oxidation sites excluding steroid dienone is 1. The minimum Gasteiger partial charge on any atom is -0.496 e. The van der Waals surface area contributed by atoms with Gasteiger partial charge in [0.2, 0.25) is 0 Å². The molecule has 0 saturated carbocycles. The molecule has 0 bridgehead atoms. The third kappa shape index (κ3) is 6.57. The zero-order chi connectivity index (χ0) is 24.8. The molecule has 0 spiro atoms. The molecule has 2 aromatic rings. The number of methoxy groups -OCH3 is 3. The van der Waals surface area contributed by atoms with Crippen LogP contribution in [0.3, 0.4) is 0 Å². The average molecular weight is 468 g/mol. The highest BCUT2D eigenvalue weighted by atomic mass is 19.4. The van der Waals surface area contributed by atoms with Crippen LogP contribution in [0, 0.1) is 12.7 Å². The summed E-state index contributed by atoms with van der Waals surface area (Å²) in [6.07, 6.45) is -0.998. The zero-order valence-corrected chi connectivity index (χ0v) is 18.6. The van der Waals surface area contributed by atoms with Gasteiger partial charge in [-0.1, -0.05) is 12.2 Å². The second-order valence-electron chi connectivity index (χ2n) is 7.24. The van der Waals surface area contributed by atoms with Crippen molar-refractivity contribution in [3.05, 3.63) is 70.0 Å². The second-order valence-corrected chi connectivity index (χ2v) is 7.24. The number of carbonyl (C=O) groups excluding carboxylic acids is 2. The lowest BCUT2D eigenvalue weighted by molar-refractivity contribution is -0.143. The average Bonchev–Trinajstić information content (AvgIpc) is 2.76. The van der Waals surface area contributed by atoms with Gasteiger partial charge in [0.15, 0.2) is 0 Å². The molecule has 0 aromatic heterocycles. The summed E-state index contributed by atoms with van der Waals surface area (Å²) in [5.41, 5.74) is 0.314. The molecule has 0 saturated heterocycles. The summed E-state index contributed by atoms with van der Waals surface area (Å²) in [5, 5.41) is 0. The van der Waals surface area contributed by atoms with Crippen LogP contribution in [0.1, 0.15) is 51.4 Å². The fourth-order valence-electron chi connectivity index (χ4n) is 3.45. The molecular weight excluding hydrogens is 444 g/mol. The number of benzene rings is 2. The van der Waals surface area contributed by atoms with Crippen LogP contribution in [0.4, 0.5) is 17.6 Å². The van der Waals surface area contributed by atoms with E-state index in [0.29, 0.717) is 22.9 Å². The van der Waals surface area contributed by atoms with Gasteiger partial charge < -0.3 is 14.2 Å². The first-order chi connectivity index (χ1) is 15.5. The lowest BCUT2D eigenvalue weighted by atomic mass is 9.92. The molecule has 0 aliphatic carbocycles. The molecule has 0 aliphatic heterocycles. The highest BCUT2D eigenvalue weighted by Crippen LogP contribution is 2.34. The second kappa shape index (κ2) is 11.0. The first-order valence-electron chi connectivity index (χ1n) is 9.90. The van der Waals surface area contributed by atoms with Crippen molar-refractivity contribution < 1.29 is 41.4 Å². The molecule has 5 nitrogen and oxygen atoms in total. The van der Waals surface area contributed by atoms with Crippen molar-refractivity contribution >= 4 is 18.0 Å². The van der Waals surface area contributed by atoms with Crippen molar-refractivity contribution in [1.29, 1.82) is 0 Å². The number of ether oxygens (including phenoxy) is 3. The molecule has 0 aliphatic rings. The zero-order valence-electron chi connectivity index (χ0n) is 18.6. The van der Waals surface area contributed by atoms with E-state index in [4.69, 9.17) is 14.2 Å². The number of hydrogen-bond donors (Lipinski definition) is 0. The topological polar surface area (TPSA) is 61.8 Å². The van der Waals surface area contributed by atoms with E-state index in [2.05, 4.69) is 0 Å². The van der Waals surface area contributed by atoms with E-state index < -0.39 is 35.4 Å². The van der Waals surface area contributed by atoms with Crippen molar-refractivity contribution in [2.24, 2.45) is 0 Å². The third-order valence-corrected chi connectivity index (χ3v) is 4.97. The van der Waals surface area contributed by atoms with Gasteiger partial charge in [-0.05, 0) is 66.8 Å². The molecule has 2 rings (SSSR count). The maximum Gasteiger partial charge on any atom is 0.416 e. The van der Waals surface area contributed by atoms with E-state index in [1.54, 1.807) is 31.2 Å². The predicted octanol–water partition coefficient (Wildman–Crippen LogP) is 5.70. The molecule has 33 heavy (non-hydrogen) atoms. The first kappa shape index (κ1) is 25.9. The molecule has 1 unspecified atom stereocenters. The van der Waals surface area contributed by atoms with Gasteiger partial charge in [0.05, 0.1) is 32.8 Å². The van der Waals surface area contributed by atoms with Crippen LogP contribution in [0.15, 0.2) is 36.4 Å². The van der Waals surface area contributed by atoms with Crippen molar-refractivity contribution in [1.82, 2.24) is 0 Å². The Morgan fingerprint density at radius 3 is 2.30 bits per heavy atom. The van der Waals surface area contributed by atoms with Crippen LogP contribution < -0.4 is 4.74 Å². The fraction of sp³-hybridized carbons (Fsp3) is 0.333. The number of esters is 2. The van der Waals surface area contributed by atoms with Crippen molar-refractivity contribution in [2.45, 2.75) is 31.9 Å². The SMILES string of the molecule is COC(=O)c1cc(/C=C\CCC(C(=O)OC)c2cc(F)cc(C(F)(F)F)c2)cc(C)c1OC. The van der Waals surface area contributed by atoms with E-state index in [9.17, 15) is 27.2 Å². The Morgan fingerprint density at radius 2 is 1.73 bits per heavy atom. The normalized spacial score (nSPS) is 12.5. The summed E-state index contributed by atoms with van der Waals surface area (Å²) in [6.45, 7) is 1.76. The largest absolute Gasteiger partial charge is 0.496 e. The maximum absolute atomic E-state index is 13.8. The lowest BCUT2D eigenvalue weighted by Crippen LogP contribution is -2.16. The molecule has 0 amide bonds. The summed E-state index contributed by atoms with van der Waals surface area (Å²) in [7, 11) is 3.81. The monoisotopic (exact) mass is 468 g/mol. The first-order valence-corrected chi connectivity index (χ1v) is 9.90. The van der Waals surface area contributed by atoms with Gasteiger partial charge in [0.1, 0.15) is 17.1 Å². The Morgan fingerprint density at radius 1 is 1.03 bits per heavy atom. The summed E-state index contributed by atoms with van der Waals surface area (Å²) < 4.78 is 67.7. The van der Waals surface area contributed by atoms with Gasteiger partial charge >= 0.3 is 18.1 Å².